The van der Waals surface area contributed by atoms with Crippen molar-refractivity contribution in [2.45, 2.75) is 32.3 Å². The maximum atomic E-state index is 10.3. The Hall–Kier alpha value is -3.37. The summed E-state index contributed by atoms with van der Waals surface area (Å²) >= 11 is 0. The summed E-state index contributed by atoms with van der Waals surface area (Å²) in [6.07, 6.45) is 0.766. The molecule has 2 aromatic rings. The van der Waals surface area contributed by atoms with Crippen LogP contribution in [0.1, 0.15) is 37.0 Å². The van der Waals surface area contributed by atoms with Gasteiger partial charge >= 0.3 is 11.9 Å². The third-order valence-electron chi connectivity index (χ3n) is 5.28. The van der Waals surface area contributed by atoms with Gasteiger partial charge in [0.2, 0.25) is 0 Å². The zero-order valence-electron chi connectivity index (χ0n) is 17.2. The van der Waals surface area contributed by atoms with Gasteiger partial charge in [-0.15, -0.1) is 0 Å². The van der Waals surface area contributed by atoms with Gasteiger partial charge in [-0.1, -0.05) is 56.3 Å². The van der Waals surface area contributed by atoms with E-state index in [2.05, 4.69) is 36.9 Å². The Morgan fingerprint density at radius 2 is 1.60 bits per heavy atom. The molecule has 158 valence electrons. The number of hydrogen-bond acceptors (Lipinski definition) is 5. The molecule has 0 saturated carbocycles. The van der Waals surface area contributed by atoms with Crippen LogP contribution in [-0.4, -0.2) is 46.7 Å². The zero-order chi connectivity index (χ0) is 22.1. The molecule has 30 heavy (non-hydrogen) atoms. The second-order valence-electron chi connectivity index (χ2n) is 6.85. The largest absolute Gasteiger partial charge is 0.489 e. The fourth-order valence-corrected chi connectivity index (χ4v) is 3.62. The highest BCUT2D eigenvalue weighted by molar-refractivity contribution is 6.27. The molecular formula is C23H26N2O5. The molecule has 2 N–H and O–H groups in total. The van der Waals surface area contributed by atoms with E-state index in [0.29, 0.717) is 6.61 Å². The van der Waals surface area contributed by atoms with E-state index in [4.69, 9.17) is 24.5 Å². The molecule has 1 aliphatic rings. The number of carbonyl (C=O) groups is 2. The molecule has 0 aromatic heterocycles. The Labute approximate surface area is 176 Å². The molecule has 1 heterocycles. The highest BCUT2D eigenvalue weighted by Gasteiger charge is 2.40. The first-order valence-corrected chi connectivity index (χ1v) is 9.80. The second kappa shape index (κ2) is 10.4. The van der Waals surface area contributed by atoms with Crippen molar-refractivity contribution in [3.63, 3.8) is 0 Å². The predicted octanol–water partition coefficient (Wildman–Crippen LogP) is 3.28. The van der Waals surface area contributed by atoms with Crippen LogP contribution < -0.4 is 4.74 Å². The van der Waals surface area contributed by atoms with Crippen LogP contribution in [0.5, 0.6) is 5.75 Å². The molecule has 7 nitrogen and oxygen atoms in total. The van der Waals surface area contributed by atoms with Gasteiger partial charge in [0.05, 0.1) is 6.07 Å². The maximum absolute atomic E-state index is 10.3. The average molecular weight is 410 g/mol. The highest BCUT2D eigenvalue weighted by atomic mass is 16.5. The first-order valence-electron chi connectivity index (χ1n) is 9.80. The van der Waals surface area contributed by atoms with Gasteiger partial charge in [-0.3, -0.25) is 0 Å². The second-order valence-corrected chi connectivity index (χ2v) is 6.85. The van der Waals surface area contributed by atoms with Gasteiger partial charge in [-0.25, -0.2) is 9.59 Å². The Morgan fingerprint density at radius 3 is 2.17 bits per heavy atom. The van der Waals surface area contributed by atoms with Gasteiger partial charge < -0.3 is 19.8 Å². The van der Waals surface area contributed by atoms with E-state index in [1.54, 1.807) is 0 Å². The molecule has 1 atom stereocenters. The third-order valence-corrected chi connectivity index (χ3v) is 5.28. The van der Waals surface area contributed by atoms with Gasteiger partial charge in [0.25, 0.3) is 0 Å². The van der Waals surface area contributed by atoms with Crippen molar-refractivity contribution in [3.05, 3.63) is 65.2 Å². The molecular weight excluding hydrogens is 384 g/mol. The number of fused-ring (bicyclic) bond motifs is 2. The lowest BCUT2D eigenvalue weighted by atomic mass is 9.71. The summed E-state index contributed by atoms with van der Waals surface area (Å²) in [5.41, 5.74) is 2.52. The molecule has 3 rings (SSSR count). The summed E-state index contributed by atoms with van der Waals surface area (Å²) in [7, 11) is 0. The minimum absolute atomic E-state index is 0.516. The summed E-state index contributed by atoms with van der Waals surface area (Å²) < 4.78 is 6.03. The summed E-state index contributed by atoms with van der Waals surface area (Å²) in [4.78, 5) is 20.6. The van der Waals surface area contributed by atoms with Gasteiger partial charge in [0, 0.05) is 12.1 Å². The first kappa shape index (κ1) is 22.9. The molecule has 0 aliphatic carbocycles. The number of ether oxygens (including phenoxy) is 1. The third kappa shape index (κ3) is 4.97. The molecule has 0 radical (unpaired) electrons. The van der Waals surface area contributed by atoms with E-state index in [0.717, 1.165) is 48.5 Å². The van der Waals surface area contributed by atoms with Crippen LogP contribution in [0.25, 0.3) is 0 Å². The lowest BCUT2D eigenvalue weighted by Crippen LogP contribution is -2.33. The molecule has 2 aromatic carbocycles. The number of hydrogen-bond donors (Lipinski definition) is 2. The first-order chi connectivity index (χ1) is 14.4. The van der Waals surface area contributed by atoms with Crippen LogP contribution >= 0.6 is 0 Å². The lowest BCUT2D eigenvalue weighted by Gasteiger charge is -2.31. The maximum Gasteiger partial charge on any atom is 0.414 e. The number of rotatable bonds is 5. The summed E-state index contributed by atoms with van der Waals surface area (Å²) in [5.74, 6) is -2.82. The van der Waals surface area contributed by atoms with E-state index >= 15 is 0 Å². The molecule has 0 spiro atoms. The highest BCUT2D eigenvalue weighted by Crippen LogP contribution is 2.44. The number of aliphatic carboxylic acids is 2. The quantitative estimate of drug-likeness (QED) is 0.728. The smallest absolute Gasteiger partial charge is 0.414 e. The topological polar surface area (TPSA) is 111 Å². The lowest BCUT2D eigenvalue weighted by molar-refractivity contribution is -0.159. The Kier molecular flexibility index (Phi) is 7.96. The van der Waals surface area contributed by atoms with E-state index in [1.165, 1.54) is 0 Å². The normalized spacial score (nSPS) is 16.6. The van der Waals surface area contributed by atoms with Crippen molar-refractivity contribution in [1.29, 1.82) is 5.26 Å². The fourth-order valence-electron chi connectivity index (χ4n) is 3.62. The van der Waals surface area contributed by atoms with Crippen molar-refractivity contribution >= 4 is 11.9 Å². The summed E-state index contributed by atoms with van der Waals surface area (Å²) in [5, 5.41) is 25.1. The Morgan fingerprint density at radius 1 is 1.03 bits per heavy atom. The van der Waals surface area contributed by atoms with Crippen molar-refractivity contribution in [3.8, 4) is 11.8 Å². The van der Waals surface area contributed by atoms with Crippen LogP contribution in [0.4, 0.5) is 0 Å². The van der Waals surface area contributed by atoms with E-state index in [-0.39, 0.29) is 0 Å². The van der Waals surface area contributed by atoms with Gasteiger partial charge in [0.15, 0.2) is 0 Å². The summed E-state index contributed by atoms with van der Waals surface area (Å²) in [6.45, 7) is 7.74. The molecule has 0 fully saturated rings. The molecule has 0 amide bonds. The Bertz CT molecular complexity index is 872. The van der Waals surface area contributed by atoms with Crippen LogP contribution in [-0.2, 0) is 21.6 Å². The number of carboxylic acid groups (broad SMARTS) is 2. The predicted molar refractivity (Wildman–Crippen MR) is 111 cm³/mol. The fraction of sp³-hybridized carbons (Fsp3) is 0.348. The molecule has 7 heteroatoms. The minimum Gasteiger partial charge on any atom is -0.489 e. The monoisotopic (exact) mass is 410 g/mol. The number of nitrogens with zero attached hydrogens (tertiary/aromatic N) is 2. The molecule has 1 aliphatic heterocycles. The molecule has 1 unspecified atom stereocenters. The van der Waals surface area contributed by atoms with Crippen LogP contribution in [0.15, 0.2) is 48.5 Å². The summed E-state index contributed by atoms with van der Waals surface area (Å²) in [6, 6.07) is 18.9. The van der Waals surface area contributed by atoms with Crippen LogP contribution in [0.2, 0.25) is 0 Å². The number of para-hydroxylation sites is 1. The van der Waals surface area contributed by atoms with Gasteiger partial charge in [-0.2, -0.15) is 5.26 Å². The van der Waals surface area contributed by atoms with Crippen molar-refractivity contribution in [2.24, 2.45) is 0 Å². The van der Waals surface area contributed by atoms with Crippen LogP contribution in [0.3, 0.4) is 0 Å². The van der Waals surface area contributed by atoms with Crippen molar-refractivity contribution < 1.29 is 24.5 Å². The minimum atomic E-state index is -1.82. The standard InChI is InChI=1S/C21H24N2O.C2H2O4/c1-3-23(4-2)14-13-21(16-22)18-10-6-5-9-17(18)15-24-20-12-8-7-11-19(20)21;3-1(4)2(5)6/h5-12H,3-4,13-15H2,1-2H3;(H,3,4)(H,5,6). The van der Waals surface area contributed by atoms with Gasteiger partial charge in [0.1, 0.15) is 17.8 Å². The number of nitriles is 1. The van der Waals surface area contributed by atoms with Crippen molar-refractivity contribution in [1.82, 2.24) is 4.90 Å². The zero-order valence-corrected chi connectivity index (χ0v) is 17.2. The SMILES string of the molecule is CCN(CC)CCC1(C#N)c2ccccc2COc2ccccc21.O=C(O)C(=O)O. The van der Waals surface area contributed by atoms with E-state index in [9.17, 15) is 5.26 Å². The number of carboxylic acids is 2. The van der Waals surface area contributed by atoms with Crippen LogP contribution in [0, 0.1) is 11.3 Å². The number of benzene rings is 2. The van der Waals surface area contributed by atoms with Gasteiger partial charge in [-0.05, 0) is 36.7 Å². The van der Waals surface area contributed by atoms with E-state index < -0.39 is 17.4 Å². The Balaban J connectivity index is 0.000000469. The van der Waals surface area contributed by atoms with Crippen molar-refractivity contribution in [2.75, 3.05) is 19.6 Å². The van der Waals surface area contributed by atoms with E-state index in [1.807, 2.05) is 36.4 Å². The average Bonchev–Trinajstić information content (AvgIpc) is 2.90. The molecule has 0 bridgehead atoms. The molecule has 0 saturated heterocycles.